The lowest BCUT2D eigenvalue weighted by molar-refractivity contribution is 0.0988. The summed E-state index contributed by atoms with van der Waals surface area (Å²) >= 11 is 0. The number of halogens is 3. The second-order valence-corrected chi connectivity index (χ2v) is 4.19. The van der Waals surface area contributed by atoms with E-state index in [1.54, 1.807) is 0 Å². The molecule has 0 spiro atoms. The van der Waals surface area contributed by atoms with Gasteiger partial charge in [0.05, 0.1) is 12.7 Å². The van der Waals surface area contributed by atoms with Gasteiger partial charge < -0.3 is 4.74 Å². The fraction of sp³-hybridized carbons (Fsp3) is 0.133. The van der Waals surface area contributed by atoms with Crippen LogP contribution in [-0.4, -0.2) is 12.9 Å². The van der Waals surface area contributed by atoms with E-state index < -0.39 is 23.2 Å². The van der Waals surface area contributed by atoms with Gasteiger partial charge in [-0.05, 0) is 35.9 Å². The van der Waals surface area contributed by atoms with Crippen molar-refractivity contribution in [2.75, 3.05) is 7.11 Å². The van der Waals surface area contributed by atoms with Crippen LogP contribution >= 0.6 is 0 Å². The number of ether oxygens (including phenoxy) is 1. The Morgan fingerprint density at radius 2 is 1.80 bits per heavy atom. The summed E-state index contributed by atoms with van der Waals surface area (Å²) in [5, 5.41) is 0. The number of ketones is 1. The first kappa shape index (κ1) is 14.1. The fourth-order valence-electron chi connectivity index (χ4n) is 1.81. The molecule has 20 heavy (non-hydrogen) atoms. The topological polar surface area (TPSA) is 26.3 Å². The lowest BCUT2D eigenvalue weighted by atomic mass is 10.0. The lowest BCUT2D eigenvalue weighted by Gasteiger charge is -2.06. The highest BCUT2D eigenvalue weighted by Gasteiger charge is 2.14. The number of carbonyl (C=O) groups excluding carboxylic acids is 1. The summed E-state index contributed by atoms with van der Waals surface area (Å²) in [5.74, 6) is -2.68. The number of hydrogen-bond donors (Lipinski definition) is 0. The molecule has 0 saturated heterocycles. The second-order valence-electron chi connectivity index (χ2n) is 4.19. The van der Waals surface area contributed by atoms with E-state index in [2.05, 4.69) is 0 Å². The maximum absolute atomic E-state index is 13.5. The summed E-state index contributed by atoms with van der Waals surface area (Å²) in [6, 6.07) is 6.65. The van der Waals surface area contributed by atoms with E-state index in [9.17, 15) is 18.0 Å². The summed E-state index contributed by atoms with van der Waals surface area (Å²) in [6.45, 7) is 0. The van der Waals surface area contributed by atoms with Gasteiger partial charge in [-0.1, -0.05) is 6.07 Å². The van der Waals surface area contributed by atoms with E-state index >= 15 is 0 Å². The first-order valence-corrected chi connectivity index (χ1v) is 5.82. The van der Waals surface area contributed by atoms with Gasteiger partial charge in [0.15, 0.2) is 17.3 Å². The van der Waals surface area contributed by atoms with Gasteiger partial charge in [0.2, 0.25) is 0 Å². The summed E-state index contributed by atoms with van der Waals surface area (Å²) in [6.07, 6.45) is -0.221. The minimum absolute atomic E-state index is 0.0538. The van der Waals surface area contributed by atoms with Crippen molar-refractivity contribution in [3.63, 3.8) is 0 Å². The predicted octanol–water partition coefficient (Wildman–Crippen LogP) is 3.54. The molecule has 0 aliphatic rings. The van der Waals surface area contributed by atoms with Crippen molar-refractivity contribution in [3.8, 4) is 5.75 Å². The Balaban J connectivity index is 2.23. The predicted molar refractivity (Wildman–Crippen MR) is 67.3 cm³/mol. The fourth-order valence-corrected chi connectivity index (χ4v) is 1.81. The highest BCUT2D eigenvalue weighted by molar-refractivity contribution is 5.97. The largest absolute Gasteiger partial charge is 0.494 e. The maximum atomic E-state index is 13.5. The highest BCUT2D eigenvalue weighted by atomic mass is 19.1. The Bertz CT molecular complexity index is 654. The second kappa shape index (κ2) is 5.77. The van der Waals surface area contributed by atoms with Crippen LogP contribution in [0.5, 0.6) is 5.75 Å². The minimum atomic E-state index is -0.801. The SMILES string of the molecule is COc1ccc(CC(=O)c2cc(F)ccc2F)cc1F. The molecule has 2 aromatic carbocycles. The Morgan fingerprint density at radius 1 is 1.05 bits per heavy atom. The van der Waals surface area contributed by atoms with E-state index in [0.717, 1.165) is 24.3 Å². The third-order valence-corrected chi connectivity index (χ3v) is 2.81. The monoisotopic (exact) mass is 280 g/mol. The number of rotatable bonds is 4. The molecule has 0 aromatic heterocycles. The van der Waals surface area contributed by atoms with Gasteiger partial charge >= 0.3 is 0 Å². The summed E-state index contributed by atoms with van der Waals surface area (Å²) < 4.78 is 44.7. The van der Waals surface area contributed by atoms with Gasteiger partial charge in [-0.25, -0.2) is 13.2 Å². The third kappa shape index (κ3) is 2.99. The molecule has 0 saturated carbocycles. The number of hydrogen-bond acceptors (Lipinski definition) is 2. The molecule has 5 heteroatoms. The molecule has 0 aliphatic heterocycles. The van der Waals surface area contributed by atoms with E-state index in [1.165, 1.54) is 19.2 Å². The first-order chi connectivity index (χ1) is 9.51. The summed E-state index contributed by atoms with van der Waals surface area (Å²) in [5.41, 5.74) is 0.0122. The Hall–Kier alpha value is -2.30. The van der Waals surface area contributed by atoms with Crippen molar-refractivity contribution in [3.05, 3.63) is 65.0 Å². The van der Waals surface area contributed by atoms with Crippen LogP contribution in [0.2, 0.25) is 0 Å². The Labute approximate surface area is 113 Å². The van der Waals surface area contributed by atoms with Crippen LogP contribution in [0.1, 0.15) is 15.9 Å². The van der Waals surface area contributed by atoms with Crippen molar-refractivity contribution >= 4 is 5.78 Å². The average molecular weight is 280 g/mol. The zero-order valence-corrected chi connectivity index (χ0v) is 10.6. The number of methoxy groups -OCH3 is 1. The van der Waals surface area contributed by atoms with Crippen molar-refractivity contribution in [1.82, 2.24) is 0 Å². The summed E-state index contributed by atoms with van der Waals surface area (Å²) in [7, 11) is 1.32. The van der Waals surface area contributed by atoms with Crippen LogP contribution < -0.4 is 4.74 Å². The van der Waals surface area contributed by atoms with Gasteiger partial charge in [0.1, 0.15) is 11.6 Å². The summed E-state index contributed by atoms with van der Waals surface area (Å²) in [4.78, 5) is 11.9. The van der Waals surface area contributed by atoms with Crippen LogP contribution in [0.4, 0.5) is 13.2 Å². The molecule has 0 fully saturated rings. The molecule has 0 unspecified atom stereocenters. The quantitative estimate of drug-likeness (QED) is 0.801. The molecular formula is C15H11F3O2. The molecular weight excluding hydrogens is 269 g/mol. The molecule has 0 heterocycles. The zero-order chi connectivity index (χ0) is 14.7. The van der Waals surface area contributed by atoms with Gasteiger partial charge in [-0.3, -0.25) is 4.79 Å². The molecule has 0 N–H and O–H groups in total. The van der Waals surface area contributed by atoms with E-state index in [-0.39, 0.29) is 17.7 Å². The third-order valence-electron chi connectivity index (χ3n) is 2.81. The molecule has 0 aliphatic carbocycles. The lowest BCUT2D eigenvalue weighted by Crippen LogP contribution is -2.07. The molecule has 0 atom stereocenters. The maximum Gasteiger partial charge on any atom is 0.170 e. The molecule has 104 valence electrons. The van der Waals surface area contributed by atoms with Gasteiger partial charge in [0, 0.05) is 6.42 Å². The van der Waals surface area contributed by atoms with Crippen molar-refractivity contribution < 1.29 is 22.7 Å². The smallest absolute Gasteiger partial charge is 0.170 e. The van der Waals surface area contributed by atoms with Crippen LogP contribution in [0.25, 0.3) is 0 Å². The Morgan fingerprint density at radius 3 is 2.45 bits per heavy atom. The number of benzene rings is 2. The van der Waals surface area contributed by atoms with Gasteiger partial charge in [-0.15, -0.1) is 0 Å². The van der Waals surface area contributed by atoms with E-state index in [0.29, 0.717) is 5.56 Å². The van der Waals surface area contributed by atoms with Crippen LogP contribution in [0.15, 0.2) is 36.4 Å². The zero-order valence-electron chi connectivity index (χ0n) is 10.6. The average Bonchev–Trinajstić information content (AvgIpc) is 2.41. The number of carbonyl (C=O) groups is 1. The standard InChI is InChI=1S/C15H11F3O2/c1-20-15-5-2-9(6-13(15)18)7-14(19)11-8-10(16)3-4-12(11)17/h2-6,8H,7H2,1H3. The van der Waals surface area contributed by atoms with Crippen LogP contribution in [0.3, 0.4) is 0 Å². The van der Waals surface area contributed by atoms with Crippen molar-refractivity contribution in [2.45, 2.75) is 6.42 Å². The first-order valence-electron chi connectivity index (χ1n) is 5.82. The minimum Gasteiger partial charge on any atom is -0.494 e. The Kier molecular flexibility index (Phi) is 4.08. The van der Waals surface area contributed by atoms with Crippen LogP contribution in [-0.2, 0) is 6.42 Å². The molecule has 2 nitrogen and oxygen atoms in total. The number of Topliss-reactive ketones (excluding diaryl/α,β-unsaturated/α-hetero) is 1. The van der Waals surface area contributed by atoms with Crippen LogP contribution in [0, 0.1) is 17.5 Å². The van der Waals surface area contributed by atoms with Gasteiger partial charge in [0.25, 0.3) is 0 Å². The molecule has 0 bridgehead atoms. The molecule has 0 radical (unpaired) electrons. The molecule has 2 rings (SSSR count). The molecule has 0 amide bonds. The normalized spacial score (nSPS) is 10.4. The van der Waals surface area contributed by atoms with Gasteiger partial charge in [-0.2, -0.15) is 0 Å². The molecule has 2 aromatic rings. The van der Waals surface area contributed by atoms with Crippen molar-refractivity contribution in [1.29, 1.82) is 0 Å². The van der Waals surface area contributed by atoms with E-state index in [1.807, 2.05) is 0 Å². The van der Waals surface area contributed by atoms with E-state index in [4.69, 9.17) is 4.74 Å². The van der Waals surface area contributed by atoms with Crippen molar-refractivity contribution in [2.24, 2.45) is 0 Å². The highest BCUT2D eigenvalue weighted by Crippen LogP contribution is 2.19.